The van der Waals surface area contributed by atoms with Crippen LogP contribution in [0.1, 0.15) is 19.3 Å². The van der Waals surface area contributed by atoms with Crippen molar-refractivity contribution in [2.75, 3.05) is 19.7 Å². The van der Waals surface area contributed by atoms with E-state index in [1.807, 2.05) is 0 Å². The van der Waals surface area contributed by atoms with Crippen molar-refractivity contribution in [1.29, 1.82) is 0 Å². The maximum Gasteiger partial charge on any atom is 0.121 e. The number of ether oxygens (including phenoxy) is 1. The van der Waals surface area contributed by atoms with E-state index in [0.29, 0.717) is 4.11 Å². The zero-order chi connectivity index (χ0) is 7.68. The molecular formula is C8H14INO. The van der Waals surface area contributed by atoms with Gasteiger partial charge in [0, 0.05) is 19.1 Å². The summed E-state index contributed by atoms with van der Waals surface area (Å²) < 4.78 is 5.90. The summed E-state index contributed by atoms with van der Waals surface area (Å²) in [6.45, 7) is 3.24. The molecule has 1 atom stereocenters. The summed E-state index contributed by atoms with van der Waals surface area (Å²) in [5.74, 6) is 0. The van der Waals surface area contributed by atoms with Crippen molar-refractivity contribution in [3.05, 3.63) is 0 Å². The SMILES string of the molecule is IC1CN(C2CCC2)CCO1. The molecular weight excluding hydrogens is 253 g/mol. The number of morpholine rings is 1. The molecule has 0 spiro atoms. The predicted octanol–water partition coefficient (Wildman–Crippen LogP) is 1.63. The second kappa shape index (κ2) is 3.58. The monoisotopic (exact) mass is 267 g/mol. The Balaban J connectivity index is 1.82. The average Bonchev–Trinajstić information content (AvgIpc) is 1.83. The summed E-state index contributed by atoms with van der Waals surface area (Å²) in [4.78, 5) is 2.59. The van der Waals surface area contributed by atoms with Crippen LogP contribution in [-0.2, 0) is 4.74 Å². The van der Waals surface area contributed by atoms with Gasteiger partial charge in [0.2, 0.25) is 0 Å². The maximum absolute atomic E-state index is 5.47. The molecule has 0 aromatic heterocycles. The van der Waals surface area contributed by atoms with Gasteiger partial charge in [0.25, 0.3) is 0 Å². The summed E-state index contributed by atoms with van der Waals surface area (Å²) in [5.41, 5.74) is 0. The molecule has 64 valence electrons. The molecule has 1 saturated heterocycles. The number of nitrogens with zero attached hydrogens (tertiary/aromatic N) is 1. The van der Waals surface area contributed by atoms with Crippen molar-refractivity contribution in [3.63, 3.8) is 0 Å². The minimum absolute atomic E-state index is 0.432. The van der Waals surface area contributed by atoms with Gasteiger partial charge < -0.3 is 4.74 Å². The first-order valence-electron chi connectivity index (χ1n) is 4.36. The van der Waals surface area contributed by atoms with Crippen molar-refractivity contribution < 1.29 is 4.74 Å². The normalized spacial score (nSPS) is 35.2. The average molecular weight is 267 g/mol. The summed E-state index contributed by atoms with van der Waals surface area (Å²) in [5, 5.41) is 0. The lowest BCUT2D eigenvalue weighted by atomic mass is 9.91. The highest BCUT2D eigenvalue weighted by Gasteiger charge is 2.28. The van der Waals surface area contributed by atoms with Crippen LogP contribution in [0.5, 0.6) is 0 Å². The Kier molecular flexibility index (Phi) is 2.69. The van der Waals surface area contributed by atoms with Gasteiger partial charge in [0.15, 0.2) is 0 Å². The molecule has 2 rings (SSSR count). The molecule has 0 bridgehead atoms. The van der Waals surface area contributed by atoms with E-state index in [0.717, 1.165) is 25.7 Å². The number of rotatable bonds is 1. The first-order chi connectivity index (χ1) is 5.36. The smallest absolute Gasteiger partial charge is 0.121 e. The number of halogens is 1. The Morgan fingerprint density at radius 3 is 2.73 bits per heavy atom. The third-order valence-corrected chi connectivity index (χ3v) is 3.40. The lowest BCUT2D eigenvalue weighted by Crippen LogP contribution is -2.48. The van der Waals surface area contributed by atoms with Gasteiger partial charge in [-0.3, -0.25) is 4.90 Å². The maximum atomic E-state index is 5.47. The molecule has 1 aliphatic carbocycles. The van der Waals surface area contributed by atoms with E-state index in [2.05, 4.69) is 27.5 Å². The van der Waals surface area contributed by atoms with Crippen LogP contribution in [0.3, 0.4) is 0 Å². The molecule has 1 unspecified atom stereocenters. The molecule has 0 aromatic carbocycles. The predicted molar refractivity (Wildman–Crippen MR) is 53.0 cm³/mol. The van der Waals surface area contributed by atoms with Crippen LogP contribution in [0.15, 0.2) is 0 Å². The third kappa shape index (κ3) is 1.87. The van der Waals surface area contributed by atoms with E-state index in [1.165, 1.54) is 19.3 Å². The molecule has 0 N–H and O–H groups in total. The number of alkyl halides is 1. The molecule has 0 aromatic rings. The minimum Gasteiger partial charge on any atom is -0.365 e. The van der Waals surface area contributed by atoms with Gasteiger partial charge in [-0.1, -0.05) is 6.42 Å². The van der Waals surface area contributed by atoms with E-state index in [-0.39, 0.29) is 0 Å². The fourth-order valence-electron chi connectivity index (χ4n) is 1.71. The minimum atomic E-state index is 0.432. The Bertz CT molecular complexity index is 138. The molecule has 1 heterocycles. The Morgan fingerprint density at radius 2 is 2.18 bits per heavy atom. The van der Waals surface area contributed by atoms with Crippen LogP contribution in [0.4, 0.5) is 0 Å². The summed E-state index contributed by atoms with van der Waals surface area (Å²) in [6.07, 6.45) is 4.28. The van der Waals surface area contributed by atoms with Crippen molar-refractivity contribution >= 4 is 22.6 Å². The Morgan fingerprint density at radius 1 is 1.36 bits per heavy atom. The fourth-order valence-corrected chi connectivity index (χ4v) is 2.47. The van der Waals surface area contributed by atoms with E-state index >= 15 is 0 Å². The zero-order valence-electron chi connectivity index (χ0n) is 6.63. The van der Waals surface area contributed by atoms with Crippen LogP contribution in [0, 0.1) is 0 Å². The molecule has 1 saturated carbocycles. The second-order valence-electron chi connectivity index (χ2n) is 3.36. The molecule has 1 aliphatic heterocycles. The standard InChI is InChI=1S/C8H14INO/c9-8-6-10(4-5-11-8)7-2-1-3-7/h7-8H,1-6H2. The van der Waals surface area contributed by atoms with Gasteiger partial charge in [-0.05, 0) is 35.4 Å². The Labute approximate surface area is 81.4 Å². The summed E-state index contributed by atoms with van der Waals surface area (Å²) in [6, 6.07) is 0.899. The van der Waals surface area contributed by atoms with E-state index in [1.54, 1.807) is 0 Å². The lowest BCUT2D eigenvalue weighted by Gasteiger charge is -2.41. The van der Waals surface area contributed by atoms with Crippen molar-refractivity contribution in [3.8, 4) is 0 Å². The molecule has 2 aliphatic rings. The van der Waals surface area contributed by atoms with Crippen LogP contribution in [-0.4, -0.2) is 34.7 Å². The highest BCUT2D eigenvalue weighted by molar-refractivity contribution is 14.1. The topological polar surface area (TPSA) is 12.5 Å². The van der Waals surface area contributed by atoms with Crippen molar-refractivity contribution in [2.45, 2.75) is 29.4 Å². The van der Waals surface area contributed by atoms with Crippen LogP contribution >= 0.6 is 22.6 Å². The van der Waals surface area contributed by atoms with Gasteiger partial charge >= 0.3 is 0 Å². The van der Waals surface area contributed by atoms with Crippen LogP contribution < -0.4 is 0 Å². The first-order valence-corrected chi connectivity index (χ1v) is 5.60. The molecule has 0 amide bonds. The largest absolute Gasteiger partial charge is 0.365 e. The summed E-state index contributed by atoms with van der Waals surface area (Å²) in [7, 11) is 0. The second-order valence-corrected chi connectivity index (χ2v) is 4.75. The molecule has 2 fully saturated rings. The first kappa shape index (κ1) is 8.26. The lowest BCUT2D eigenvalue weighted by molar-refractivity contribution is -0.0102. The summed E-state index contributed by atoms with van der Waals surface area (Å²) >= 11 is 2.38. The zero-order valence-corrected chi connectivity index (χ0v) is 8.79. The van der Waals surface area contributed by atoms with Gasteiger partial charge in [0.1, 0.15) is 4.11 Å². The Hall–Kier alpha value is 0.650. The molecule has 2 nitrogen and oxygen atoms in total. The van der Waals surface area contributed by atoms with E-state index in [4.69, 9.17) is 4.74 Å². The molecule has 0 radical (unpaired) electrons. The van der Waals surface area contributed by atoms with Crippen LogP contribution in [0.25, 0.3) is 0 Å². The molecule has 3 heteroatoms. The fraction of sp³-hybridized carbons (Fsp3) is 1.00. The van der Waals surface area contributed by atoms with Crippen molar-refractivity contribution in [2.24, 2.45) is 0 Å². The van der Waals surface area contributed by atoms with Gasteiger partial charge in [0.05, 0.1) is 6.61 Å². The van der Waals surface area contributed by atoms with Gasteiger partial charge in [-0.2, -0.15) is 0 Å². The molecule has 11 heavy (non-hydrogen) atoms. The highest BCUT2D eigenvalue weighted by atomic mass is 127. The number of hydrogen-bond donors (Lipinski definition) is 0. The number of hydrogen-bond acceptors (Lipinski definition) is 2. The van der Waals surface area contributed by atoms with Gasteiger partial charge in [-0.25, -0.2) is 0 Å². The van der Waals surface area contributed by atoms with Gasteiger partial charge in [-0.15, -0.1) is 0 Å². The van der Waals surface area contributed by atoms with Crippen molar-refractivity contribution in [1.82, 2.24) is 4.90 Å². The van der Waals surface area contributed by atoms with E-state index in [9.17, 15) is 0 Å². The quantitative estimate of drug-likeness (QED) is 0.529. The highest BCUT2D eigenvalue weighted by Crippen LogP contribution is 2.27. The van der Waals surface area contributed by atoms with E-state index < -0.39 is 0 Å². The third-order valence-electron chi connectivity index (χ3n) is 2.65. The van der Waals surface area contributed by atoms with Crippen LogP contribution in [0.2, 0.25) is 0 Å².